The molecule has 10 heteroatoms. The fraction of sp³-hybridized carbons (Fsp3) is 0.308. The van der Waals surface area contributed by atoms with E-state index in [1.165, 1.54) is 6.92 Å². The van der Waals surface area contributed by atoms with E-state index in [-0.39, 0.29) is 25.1 Å². The lowest BCUT2D eigenvalue weighted by Gasteiger charge is -2.37. The molecule has 0 aliphatic carbocycles. The average Bonchev–Trinajstić information content (AvgIpc) is 2.82. The maximum absolute atomic E-state index is 14.8. The summed E-state index contributed by atoms with van der Waals surface area (Å²) in [7, 11) is 0. The van der Waals surface area contributed by atoms with Gasteiger partial charge >= 0.3 is 12.0 Å². The number of halogens is 2. The van der Waals surface area contributed by atoms with Gasteiger partial charge < -0.3 is 15.4 Å². The lowest BCUT2D eigenvalue weighted by atomic mass is 9.93. The van der Waals surface area contributed by atoms with Gasteiger partial charge in [0.15, 0.2) is 11.6 Å². The van der Waals surface area contributed by atoms with Gasteiger partial charge in [-0.1, -0.05) is 30.0 Å². The molecule has 1 saturated heterocycles. The molecule has 36 heavy (non-hydrogen) atoms. The normalized spacial score (nSPS) is 17.1. The first-order valence-corrected chi connectivity index (χ1v) is 11.3. The van der Waals surface area contributed by atoms with Gasteiger partial charge in [0.25, 0.3) is 0 Å². The van der Waals surface area contributed by atoms with Crippen molar-refractivity contribution >= 4 is 29.5 Å². The topological polar surface area (TPSA) is 105 Å². The third-order valence-electron chi connectivity index (χ3n) is 5.36. The molecule has 0 bridgehead atoms. The number of hydrogen-bond donors (Lipinski definition) is 2. The molecule has 1 aliphatic rings. The molecule has 0 spiro atoms. The highest BCUT2D eigenvalue weighted by molar-refractivity contribution is 6.19. The van der Waals surface area contributed by atoms with E-state index >= 15 is 0 Å². The predicted octanol–water partition coefficient (Wildman–Crippen LogP) is 3.03. The monoisotopic (exact) mass is 497 g/mol. The van der Waals surface area contributed by atoms with Crippen LogP contribution in [0.4, 0.5) is 19.3 Å². The highest BCUT2D eigenvalue weighted by atomic mass is 19.1. The number of anilines is 1. The first kappa shape index (κ1) is 26.3. The lowest BCUT2D eigenvalue weighted by molar-refractivity contribution is -0.143. The minimum absolute atomic E-state index is 0.0227. The molecule has 0 saturated carbocycles. The molecule has 1 aliphatic heterocycles. The fourth-order valence-corrected chi connectivity index (χ4v) is 3.57. The summed E-state index contributed by atoms with van der Waals surface area (Å²) in [5, 5.41) is 4.91. The van der Waals surface area contributed by atoms with E-state index in [1.807, 2.05) is 0 Å². The van der Waals surface area contributed by atoms with Crippen LogP contribution in [-0.2, 0) is 19.1 Å². The SMILES string of the molecule is CCOC(=O)CCCNC(=O)[C@]1(C)CC(=O)N(c2c(F)cc(C#Cc3ccccc3)cc2F)C(=O)N1. The van der Waals surface area contributed by atoms with Gasteiger partial charge in [-0.25, -0.2) is 18.5 Å². The minimum Gasteiger partial charge on any atom is -0.466 e. The molecule has 1 heterocycles. The number of esters is 1. The Hall–Kier alpha value is -4.26. The number of amides is 4. The summed E-state index contributed by atoms with van der Waals surface area (Å²) >= 11 is 0. The number of ether oxygens (including phenoxy) is 1. The number of carbonyl (C=O) groups is 4. The summed E-state index contributed by atoms with van der Waals surface area (Å²) < 4.78 is 34.5. The van der Waals surface area contributed by atoms with Gasteiger partial charge in [-0.15, -0.1) is 0 Å². The minimum atomic E-state index is -1.64. The Balaban J connectivity index is 1.70. The molecule has 188 valence electrons. The van der Waals surface area contributed by atoms with Crippen LogP contribution < -0.4 is 15.5 Å². The van der Waals surface area contributed by atoms with Gasteiger partial charge in [-0.2, -0.15) is 0 Å². The van der Waals surface area contributed by atoms with Crippen LogP contribution in [0, 0.1) is 23.5 Å². The maximum atomic E-state index is 14.8. The Kier molecular flexibility index (Phi) is 8.38. The quantitative estimate of drug-likeness (QED) is 0.348. The first-order chi connectivity index (χ1) is 17.1. The number of rotatable bonds is 7. The third-order valence-corrected chi connectivity index (χ3v) is 5.36. The van der Waals surface area contributed by atoms with Gasteiger partial charge in [0.1, 0.15) is 11.2 Å². The number of benzene rings is 2. The Morgan fingerprint density at radius 1 is 1.11 bits per heavy atom. The van der Waals surface area contributed by atoms with E-state index in [2.05, 4.69) is 22.5 Å². The molecule has 4 amide bonds. The molecule has 2 aromatic rings. The molecule has 0 aromatic heterocycles. The molecule has 2 N–H and O–H groups in total. The van der Waals surface area contributed by atoms with Crippen molar-refractivity contribution in [2.45, 2.75) is 38.6 Å². The maximum Gasteiger partial charge on any atom is 0.329 e. The average molecular weight is 497 g/mol. The van der Waals surface area contributed by atoms with Crippen LogP contribution in [-0.4, -0.2) is 42.5 Å². The van der Waals surface area contributed by atoms with Gasteiger partial charge in [-0.05, 0) is 44.5 Å². The summed E-state index contributed by atoms with van der Waals surface area (Å²) in [4.78, 5) is 49.8. The zero-order valence-electron chi connectivity index (χ0n) is 19.8. The number of imide groups is 1. The Morgan fingerprint density at radius 3 is 2.36 bits per heavy atom. The third kappa shape index (κ3) is 6.24. The van der Waals surface area contributed by atoms with Crippen LogP contribution in [0.25, 0.3) is 0 Å². The highest BCUT2D eigenvalue weighted by Crippen LogP contribution is 2.30. The first-order valence-electron chi connectivity index (χ1n) is 11.3. The van der Waals surface area contributed by atoms with Crippen molar-refractivity contribution in [3.8, 4) is 11.8 Å². The number of hydrogen-bond acceptors (Lipinski definition) is 5. The molecule has 8 nitrogen and oxygen atoms in total. The number of nitrogens with zero attached hydrogens (tertiary/aromatic N) is 1. The summed E-state index contributed by atoms with van der Waals surface area (Å²) in [5.41, 5.74) is -1.82. The van der Waals surface area contributed by atoms with Crippen molar-refractivity contribution in [1.29, 1.82) is 0 Å². The summed E-state index contributed by atoms with van der Waals surface area (Å²) in [6.45, 7) is 3.36. The van der Waals surface area contributed by atoms with Crippen molar-refractivity contribution < 1.29 is 32.7 Å². The predicted molar refractivity (Wildman–Crippen MR) is 127 cm³/mol. The zero-order chi connectivity index (χ0) is 26.3. The van der Waals surface area contributed by atoms with Crippen molar-refractivity contribution in [1.82, 2.24) is 10.6 Å². The largest absolute Gasteiger partial charge is 0.466 e. The van der Waals surface area contributed by atoms with Crippen molar-refractivity contribution in [3.63, 3.8) is 0 Å². The lowest BCUT2D eigenvalue weighted by Crippen LogP contribution is -2.66. The Bertz CT molecular complexity index is 1200. The van der Waals surface area contributed by atoms with Gasteiger partial charge in [0.05, 0.1) is 13.0 Å². The summed E-state index contributed by atoms with van der Waals surface area (Å²) in [5.74, 6) is 1.09. The number of urea groups is 1. The second-order valence-corrected chi connectivity index (χ2v) is 8.24. The van der Waals surface area contributed by atoms with Crippen LogP contribution >= 0.6 is 0 Å². The number of carbonyl (C=O) groups excluding carboxylic acids is 4. The van der Waals surface area contributed by atoms with E-state index in [0.29, 0.717) is 16.9 Å². The van der Waals surface area contributed by atoms with Crippen molar-refractivity contribution in [3.05, 3.63) is 65.2 Å². The number of nitrogens with one attached hydrogen (secondary N) is 2. The van der Waals surface area contributed by atoms with Gasteiger partial charge in [-0.3, -0.25) is 14.4 Å². The Labute approximate surface area is 207 Å². The summed E-state index contributed by atoms with van der Waals surface area (Å²) in [6.07, 6.45) is -0.143. The second-order valence-electron chi connectivity index (χ2n) is 8.24. The second kappa shape index (κ2) is 11.4. The summed E-state index contributed by atoms with van der Waals surface area (Å²) in [6, 6.07) is 9.53. The molecule has 1 fully saturated rings. The molecule has 3 rings (SSSR count). The van der Waals surface area contributed by atoms with Gasteiger partial charge in [0.2, 0.25) is 11.8 Å². The fourth-order valence-electron chi connectivity index (χ4n) is 3.57. The van der Waals surface area contributed by atoms with Crippen LogP contribution in [0.15, 0.2) is 42.5 Å². The molecule has 2 aromatic carbocycles. The van der Waals surface area contributed by atoms with E-state index in [0.717, 1.165) is 12.1 Å². The van der Waals surface area contributed by atoms with E-state index in [4.69, 9.17) is 4.74 Å². The Morgan fingerprint density at radius 2 is 1.75 bits per heavy atom. The van der Waals surface area contributed by atoms with Gasteiger partial charge in [0, 0.05) is 24.1 Å². The molecule has 0 radical (unpaired) electrons. The zero-order valence-corrected chi connectivity index (χ0v) is 19.8. The van der Waals surface area contributed by atoms with E-state index in [9.17, 15) is 28.0 Å². The molecule has 1 atom stereocenters. The van der Waals surface area contributed by atoms with E-state index < -0.39 is 53.1 Å². The van der Waals surface area contributed by atoms with Crippen LogP contribution in [0.5, 0.6) is 0 Å². The van der Waals surface area contributed by atoms with Crippen LogP contribution in [0.3, 0.4) is 0 Å². The molecular weight excluding hydrogens is 472 g/mol. The highest BCUT2D eigenvalue weighted by Gasteiger charge is 2.46. The molecule has 0 unspecified atom stereocenters. The van der Waals surface area contributed by atoms with E-state index in [1.54, 1.807) is 37.3 Å². The smallest absolute Gasteiger partial charge is 0.329 e. The van der Waals surface area contributed by atoms with Crippen LogP contribution in [0.2, 0.25) is 0 Å². The van der Waals surface area contributed by atoms with Crippen molar-refractivity contribution in [2.24, 2.45) is 0 Å². The van der Waals surface area contributed by atoms with Crippen molar-refractivity contribution in [2.75, 3.05) is 18.1 Å². The molecular formula is C26H25F2N3O5. The van der Waals surface area contributed by atoms with Crippen LogP contribution in [0.1, 0.15) is 44.2 Å². The standard InChI is InChI=1S/C26H25F2N3O5/c1-3-36-22(33)10-7-13-29-24(34)26(2)16-21(32)31(25(35)30-26)23-19(27)14-18(15-20(23)28)12-11-17-8-5-4-6-9-17/h4-6,8-9,14-15H,3,7,10,13,16H2,1-2H3,(H,29,34)(H,30,35)/t26-/m0/s1.